The second-order valence-electron chi connectivity index (χ2n) is 6.71. The lowest BCUT2D eigenvalue weighted by atomic mass is 9.74. The van der Waals surface area contributed by atoms with E-state index in [1.807, 2.05) is 49.3 Å². The van der Waals surface area contributed by atoms with Gasteiger partial charge in [0.15, 0.2) is 0 Å². The van der Waals surface area contributed by atoms with Crippen LogP contribution >= 0.6 is 0 Å². The molecular formula is C18H28N2O2. The minimum atomic E-state index is -0.291. The van der Waals surface area contributed by atoms with Crippen molar-refractivity contribution in [3.8, 4) is 0 Å². The van der Waals surface area contributed by atoms with Crippen molar-refractivity contribution < 1.29 is 9.90 Å². The van der Waals surface area contributed by atoms with E-state index in [2.05, 4.69) is 5.32 Å². The Morgan fingerprint density at radius 3 is 2.41 bits per heavy atom. The molecule has 0 aromatic heterocycles. The van der Waals surface area contributed by atoms with Gasteiger partial charge >= 0.3 is 0 Å². The van der Waals surface area contributed by atoms with E-state index < -0.39 is 0 Å². The number of aliphatic hydroxyl groups excluding tert-OH is 1. The Morgan fingerprint density at radius 1 is 1.23 bits per heavy atom. The zero-order valence-corrected chi connectivity index (χ0v) is 13.7. The summed E-state index contributed by atoms with van der Waals surface area (Å²) in [7, 11) is 3.83. The molecule has 1 aliphatic carbocycles. The Hall–Kier alpha value is -1.39. The van der Waals surface area contributed by atoms with E-state index in [-0.39, 0.29) is 24.0 Å². The van der Waals surface area contributed by atoms with Crippen LogP contribution in [0.4, 0.5) is 0 Å². The van der Waals surface area contributed by atoms with Gasteiger partial charge in [0.2, 0.25) is 5.91 Å². The van der Waals surface area contributed by atoms with Gasteiger partial charge in [0, 0.05) is 12.0 Å². The predicted octanol–water partition coefficient (Wildman–Crippen LogP) is 2.35. The van der Waals surface area contributed by atoms with Crippen molar-refractivity contribution in [2.24, 2.45) is 5.41 Å². The van der Waals surface area contributed by atoms with E-state index in [4.69, 9.17) is 0 Å². The molecule has 0 aliphatic heterocycles. The Kier molecular flexibility index (Phi) is 5.98. The number of benzene rings is 1. The van der Waals surface area contributed by atoms with Gasteiger partial charge in [-0.3, -0.25) is 9.69 Å². The molecule has 1 unspecified atom stereocenters. The van der Waals surface area contributed by atoms with Gasteiger partial charge in [0.25, 0.3) is 0 Å². The smallest absolute Gasteiger partial charge is 0.241 e. The molecule has 0 radical (unpaired) electrons. The van der Waals surface area contributed by atoms with E-state index in [1.165, 1.54) is 6.42 Å². The van der Waals surface area contributed by atoms with E-state index in [9.17, 15) is 9.90 Å². The maximum Gasteiger partial charge on any atom is 0.241 e. The van der Waals surface area contributed by atoms with E-state index in [0.717, 1.165) is 31.2 Å². The van der Waals surface area contributed by atoms with Gasteiger partial charge in [-0.1, -0.05) is 49.6 Å². The first kappa shape index (κ1) is 17.0. The van der Waals surface area contributed by atoms with Crippen LogP contribution in [0.1, 0.15) is 43.7 Å². The zero-order chi connectivity index (χ0) is 16.0. The van der Waals surface area contributed by atoms with Crippen LogP contribution in [-0.4, -0.2) is 43.2 Å². The lowest BCUT2D eigenvalue weighted by Crippen LogP contribution is -2.45. The highest BCUT2D eigenvalue weighted by Crippen LogP contribution is 2.35. The summed E-state index contributed by atoms with van der Waals surface area (Å²) in [4.78, 5) is 14.6. The van der Waals surface area contributed by atoms with Gasteiger partial charge in [-0.05, 0) is 32.5 Å². The number of aliphatic hydroxyl groups is 1. The fraction of sp³-hybridized carbons (Fsp3) is 0.611. The number of hydrogen-bond donors (Lipinski definition) is 2. The molecule has 1 saturated carbocycles. The minimum Gasteiger partial charge on any atom is -0.396 e. The van der Waals surface area contributed by atoms with Gasteiger partial charge in [-0.2, -0.15) is 0 Å². The number of amides is 1. The molecule has 1 fully saturated rings. The maximum atomic E-state index is 12.7. The molecule has 4 nitrogen and oxygen atoms in total. The molecule has 1 aromatic rings. The van der Waals surface area contributed by atoms with Crippen LogP contribution in [0.25, 0.3) is 0 Å². The monoisotopic (exact) mass is 304 g/mol. The molecule has 1 aromatic carbocycles. The number of carbonyl (C=O) groups is 1. The highest BCUT2D eigenvalue weighted by molar-refractivity contribution is 5.83. The number of nitrogens with one attached hydrogen (secondary N) is 1. The molecule has 0 spiro atoms. The first-order valence-corrected chi connectivity index (χ1v) is 8.18. The lowest BCUT2D eigenvalue weighted by Gasteiger charge is -2.36. The Morgan fingerprint density at radius 2 is 1.86 bits per heavy atom. The Bertz CT molecular complexity index is 467. The molecular weight excluding hydrogens is 276 g/mol. The number of hydrogen-bond acceptors (Lipinski definition) is 3. The number of carbonyl (C=O) groups excluding carboxylic acids is 1. The third kappa shape index (κ3) is 4.08. The van der Waals surface area contributed by atoms with E-state index >= 15 is 0 Å². The van der Waals surface area contributed by atoms with Crippen LogP contribution in [0, 0.1) is 5.41 Å². The molecule has 2 N–H and O–H groups in total. The molecule has 1 aliphatic rings. The van der Waals surface area contributed by atoms with Crippen molar-refractivity contribution in [2.75, 3.05) is 27.2 Å². The fourth-order valence-corrected chi connectivity index (χ4v) is 3.38. The largest absolute Gasteiger partial charge is 0.396 e. The summed E-state index contributed by atoms with van der Waals surface area (Å²) in [6.07, 6.45) is 5.53. The minimum absolute atomic E-state index is 0.00889. The molecule has 22 heavy (non-hydrogen) atoms. The van der Waals surface area contributed by atoms with Gasteiger partial charge in [-0.15, -0.1) is 0 Å². The summed E-state index contributed by atoms with van der Waals surface area (Å²) >= 11 is 0. The maximum absolute atomic E-state index is 12.7. The van der Waals surface area contributed by atoms with Gasteiger partial charge in [0.05, 0.1) is 6.61 Å². The third-order valence-electron chi connectivity index (χ3n) is 4.77. The summed E-state index contributed by atoms with van der Waals surface area (Å²) in [6, 6.07) is 9.53. The predicted molar refractivity (Wildman–Crippen MR) is 88.5 cm³/mol. The van der Waals surface area contributed by atoms with Crippen molar-refractivity contribution in [3.05, 3.63) is 35.9 Å². The average molecular weight is 304 g/mol. The molecule has 122 valence electrons. The first-order valence-electron chi connectivity index (χ1n) is 8.18. The van der Waals surface area contributed by atoms with Crippen LogP contribution in [0.3, 0.4) is 0 Å². The zero-order valence-electron chi connectivity index (χ0n) is 13.7. The molecule has 0 heterocycles. The molecule has 0 bridgehead atoms. The fourth-order valence-electron chi connectivity index (χ4n) is 3.38. The van der Waals surface area contributed by atoms with Crippen LogP contribution in [0.5, 0.6) is 0 Å². The summed E-state index contributed by atoms with van der Waals surface area (Å²) in [5.74, 6) is 0.00889. The van der Waals surface area contributed by atoms with Crippen molar-refractivity contribution in [1.29, 1.82) is 0 Å². The summed E-state index contributed by atoms with van der Waals surface area (Å²) < 4.78 is 0. The summed E-state index contributed by atoms with van der Waals surface area (Å²) in [5, 5.41) is 12.8. The average Bonchev–Trinajstić information content (AvgIpc) is 2.55. The normalized spacial score (nSPS) is 18.9. The Labute approximate surface area is 133 Å². The number of rotatable bonds is 6. The molecule has 4 heteroatoms. The van der Waals surface area contributed by atoms with Crippen molar-refractivity contribution in [3.63, 3.8) is 0 Å². The first-order chi connectivity index (χ1) is 10.6. The molecule has 0 saturated heterocycles. The van der Waals surface area contributed by atoms with Crippen LogP contribution in [-0.2, 0) is 4.79 Å². The SMILES string of the molecule is CN(C)C(C(=O)NCC1(CO)CCCCC1)c1ccccc1. The second kappa shape index (κ2) is 7.75. The van der Waals surface area contributed by atoms with Crippen molar-refractivity contribution in [2.45, 2.75) is 38.1 Å². The Balaban J connectivity index is 2.02. The second-order valence-corrected chi connectivity index (χ2v) is 6.71. The van der Waals surface area contributed by atoms with E-state index in [0.29, 0.717) is 6.54 Å². The topological polar surface area (TPSA) is 52.6 Å². The van der Waals surface area contributed by atoms with Crippen molar-refractivity contribution in [1.82, 2.24) is 10.2 Å². The molecule has 2 rings (SSSR count). The van der Waals surface area contributed by atoms with E-state index in [1.54, 1.807) is 0 Å². The third-order valence-corrected chi connectivity index (χ3v) is 4.77. The highest BCUT2D eigenvalue weighted by Gasteiger charge is 2.33. The van der Waals surface area contributed by atoms with Gasteiger partial charge in [-0.25, -0.2) is 0 Å². The van der Waals surface area contributed by atoms with Crippen molar-refractivity contribution >= 4 is 5.91 Å². The van der Waals surface area contributed by atoms with Crippen LogP contribution in [0.2, 0.25) is 0 Å². The van der Waals surface area contributed by atoms with Crippen LogP contribution in [0.15, 0.2) is 30.3 Å². The summed E-state index contributed by atoms with van der Waals surface area (Å²) in [6.45, 7) is 0.727. The number of nitrogens with zero attached hydrogens (tertiary/aromatic N) is 1. The molecule has 1 atom stereocenters. The molecule has 1 amide bonds. The number of likely N-dealkylation sites (N-methyl/N-ethyl adjacent to an activating group) is 1. The van der Waals surface area contributed by atoms with Crippen LogP contribution < -0.4 is 5.32 Å². The quantitative estimate of drug-likeness (QED) is 0.848. The lowest BCUT2D eigenvalue weighted by molar-refractivity contribution is -0.126. The van der Waals surface area contributed by atoms with Gasteiger partial charge in [0.1, 0.15) is 6.04 Å². The standard InChI is InChI=1S/C18H28N2O2/c1-20(2)16(15-9-5-3-6-10-15)17(22)19-13-18(14-21)11-7-4-8-12-18/h3,5-6,9-10,16,21H,4,7-8,11-14H2,1-2H3,(H,19,22). The summed E-state index contributed by atoms with van der Waals surface area (Å²) in [5.41, 5.74) is 0.869. The highest BCUT2D eigenvalue weighted by atomic mass is 16.3. The van der Waals surface area contributed by atoms with Gasteiger partial charge < -0.3 is 10.4 Å².